The summed E-state index contributed by atoms with van der Waals surface area (Å²) >= 11 is 0. The Morgan fingerprint density at radius 2 is 1.89 bits per heavy atom. The minimum atomic E-state index is -2.98. The molecule has 1 N–H and O–H groups in total. The van der Waals surface area contributed by atoms with Crippen molar-refractivity contribution in [1.82, 2.24) is 29.8 Å². The topological polar surface area (TPSA) is 108 Å². The molecule has 0 atom stereocenters. The summed E-state index contributed by atoms with van der Waals surface area (Å²) in [5.74, 6) is -0.973. The largest absolute Gasteiger partial charge is 0.478 e. The lowest BCUT2D eigenvalue weighted by atomic mass is 9.98. The fraction of sp³-hybridized carbons (Fsp3) is 0.192. The highest BCUT2D eigenvalue weighted by Gasteiger charge is 2.19. The number of hydrogen-bond donors (Lipinski definition) is 1. The summed E-state index contributed by atoms with van der Waals surface area (Å²) in [6.07, 6.45) is 0. The maximum Gasteiger partial charge on any atom is 0.337 e. The van der Waals surface area contributed by atoms with Gasteiger partial charge in [0.25, 0.3) is 6.01 Å². The molecule has 0 bridgehead atoms. The molecule has 2 aromatic heterocycles. The van der Waals surface area contributed by atoms with Crippen LogP contribution in [0.25, 0.3) is 33.5 Å². The number of aromatic carboxylic acids is 1. The third-order valence-electron chi connectivity index (χ3n) is 5.52. The lowest BCUT2D eigenvalue weighted by Crippen LogP contribution is -2.08. The van der Waals surface area contributed by atoms with Gasteiger partial charge in [0, 0.05) is 9.68 Å². The van der Waals surface area contributed by atoms with Gasteiger partial charge in [0.2, 0.25) is 5.82 Å². The second kappa shape index (κ2) is 9.38. The summed E-state index contributed by atoms with van der Waals surface area (Å²) in [6, 6.07) is 20.0. The van der Waals surface area contributed by atoms with Crippen LogP contribution in [-0.4, -0.2) is 47.4 Å². The Kier molecular flexibility index (Phi) is 4.55. The number of aryl methyl sites for hydroxylation is 1. The molecule has 0 saturated carbocycles. The molecule has 9 heteroatoms. The van der Waals surface area contributed by atoms with Crippen molar-refractivity contribution in [2.45, 2.75) is 26.8 Å². The average molecular weight is 474 g/mol. The highest BCUT2D eigenvalue weighted by Crippen LogP contribution is 2.31. The highest BCUT2D eigenvalue weighted by molar-refractivity contribution is 6.01. The summed E-state index contributed by atoms with van der Waals surface area (Å²) in [7, 11) is 0. The molecule has 0 aliphatic rings. The predicted octanol–water partition coefficient (Wildman–Crippen LogP) is 4.52. The molecular formula is C26H24N6O3. The van der Waals surface area contributed by atoms with E-state index in [1.807, 2.05) is 43.3 Å². The molecule has 0 fully saturated rings. The number of rotatable bonds is 8. The normalized spacial score (nSPS) is 14.0. The van der Waals surface area contributed by atoms with Crippen LogP contribution in [0.1, 0.15) is 36.6 Å². The number of ether oxygens (including phenoxy) is 1. The molecule has 0 aliphatic heterocycles. The van der Waals surface area contributed by atoms with Crippen LogP contribution >= 0.6 is 0 Å². The first-order chi connectivity index (χ1) is 19.0. The van der Waals surface area contributed by atoms with Crippen LogP contribution < -0.4 is 4.74 Å². The third kappa shape index (κ3) is 4.23. The van der Waals surface area contributed by atoms with Crippen LogP contribution in [-0.2, 0) is 13.0 Å². The van der Waals surface area contributed by atoms with Crippen LogP contribution in [0.5, 0.6) is 6.01 Å². The summed E-state index contributed by atoms with van der Waals surface area (Å²) < 4.78 is 45.6. The molecule has 5 rings (SSSR count). The van der Waals surface area contributed by atoms with Gasteiger partial charge in [-0.05, 0) is 47.8 Å². The van der Waals surface area contributed by atoms with E-state index in [1.54, 1.807) is 28.8 Å². The number of tetrazole rings is 1. The van der Waals surface area contributed by atoms with Gasteiger partial charge in [-0.1, -0.05) is 54.6 Å². The van der Waals surface area contributed by atoms with E-state index in [0.717, 1.165) is 16.7 Å². The molecule has 0 aliphatic carbocycles. The number of nitrogens with zero attached hydrogens (tertiary/aromatic N) is 6. The molecule has 0 unspecified atom stereocenters. The zero-order valence-corrected chi connectivity index (χ0v) is 18.7. The number of para-hydroxylation sites is 1. The molecule has 3 aromatic carbocycles. The average Bonchev–Trinajstić information content (AvgIpc) is 3.55. The maximum absolute atomic E-state index is 11.9. The lowest BCUT2D eigenvalue weighted by molar-refractivity contribution is 0.0698. The van der Waals surface area contributed by atoms with E-state index in [0.29, 0.717) is 40.6 Å². The molecular weight excluding hydrogens is 444 g/mol. The van der Waals surface area contributed by atoms with Crippen molar-refractivity contribution in [3.8, 4) is 28.5 Å². The van der Waals surface area contributed by atoms with Gasteiger partial charge in [0.15, 0.2) is 0 Å². The molecule has 9 nitrogen and oxygen atoms in total. The minimum Gasteiger partial charge on any atom is -0.478 e. The Morgan fingerprint density at radius 1 is 1.09 bits per heavy atom. The first kappa shape index (κ1) is 17.0. The van der Waals surface area contributed by atoms with Gasteiger partial charge in [-0.3, -0.25) is 4.57 Å². The lowest BCUT2D eigenvalue weighted by Gasteiger charge is -2.12. The Morgan fingerprint density at radius 3 is 2.63 bits per heavy atom. The van der Waals surface area contributed by atoms with Crippen molar-refractivity contribution in [3.63, 3.8) is 0 Å². The van der Waals surface area contributed by atoms with Gasteiger partial charge in [0.1, 0.15) is 0 Å². The Bertz CT molecular complexity index is 1700. The minimum absolute atomic E-state index is 0.0836. The van der Waals surface area contributed by atoms with E-state index in [-0.39, 0.29) is 11.4 Å². The van der Waals surface area contributed by atoms with Crippen molar-refractivity contribution in [2.24, 2.45) is 0 Å². The standard InChI is InChI=1S/C26H24N6O3/c1-3-32-29-24(28-30-32)20-9-6-5-8-19(20)18-14-12-17(13-15-18)16-31-23-21(25(33)34)10-7-11-22(23)27-26(31)35-4-2/h5-15H,3-4,16H2,1-2H3,(H,33,34)/i1D3,3D2. The number of carboxylic acid groups (broad SMARTS) is 1. The van der Waals surface area contributed by atoms with Crippen LogP contribution in [0.2, 0.25) is 0 Å². The van der Waals surface area contributed by atoms with Crippen LogP contribution in [0.3, 0.4) is 0 Å². The zero-order chi connectivity index (χ0) is 28.7. The van der Waals surface area contributed by atoms with Crippen molar-refractivity contribution in [3.05, 3.63) is 77.9 Å². The first-order valence-electron chi connectivity index (χ1n) is 13.4. The van der Waals surface area contributed by atoms with E-state index in [1.165, 1.54) is 6.07 Å². The number of hydrogen-bond acceptors (Lipinski definition) is 6. The summed E-state index contributed by atoms with van der Waals surface area (Å²) in [5, 5.41) is 21.4. The van der Waals surface area contributed by atoms with E-state index < -0.39 is 19.3 Å². The second-order valence-corrected chi connectivity index (χ2v) is 7.65. The molecule has 35 heavy (non-hydrogen) atoms. The molecule has 2 heterocycles. The van der Waals surface area contributed by atoms with Crippen molar-refractivity contribution in [2.75, 3.05) is 6.61 Å². The SMILES string of the molecule is [2H]C([2H])([2H])C([2H])([2H])n1nnc(-c2ccccc2-c2ccc(Cn3c(OCC)nc4cccc(C(=O)O)c43)cc2)n1. The van der Waals surface area contributed by atoms with Crippen LogP contribution in [0.4, 0.5) is 0 Å². The van der Waals surface area contributed by atoms with Gasteiger partial charge in [-0.15, -0.1) is 10.2 Å². The maximum atomic E-state index is 11.9. The first-order valence-corrected chi connectivity index (χ1v) is 10.9. The van der Waals surface area contributed by atoms with Gasteiger partial charge in [-0.2, -0.15) is 9.78 Å². The zero-order valence-electron chi connectivity index (χ0n) is 23.7. The van der Waals surface area contributed by atoms with Crippen molar-refractivity contribution < 1.29 is 21.5 Å². The predicted molar refractivity (Wildman–Crippen MR) is 131 cm³/mol. The molecule has 0 saturated heterocycles. The highest BCUT2D eigenvalue weighted by atomic mass is 16.5. The van der Waals surface area contributed by atoms with Gasteiger partial charge in [-0.25, -0.2) is 4.79 Å². The van der Waals surface area contributed by atoms with Crippen molar-refractivity contribution in [1.29, 1.82) is 0 Å². The second-order valence-electron chi connectivity index (χ2n) is 7.65. The van der Waals surface area contributed by atoms with Crippen LogP contribution in [0.15, 0.2) is 66.7 Å². The van der Waals surface area contributed by atoms with Crippen molar-refractivity contribution >= 4 is 17.0 Å². The summed E-state index contributed by atoms with van der Waals surface area (Å²) in [6.45, 7) is -3.29. The molecule has 0 amide bonds. The monoisotopic (exact) mass is 473 g/mol. The number of benzene rings is 3. The van der Waals surface area contributed by atoms with Gasteiger partial charge >= 0.3 is 5.97 Å². The van der Waals surface area contributed by atoms with Crippen LogP contribution in [0, 0.1) is 0 Å². The Balaban J connectivity index is 1.49. The summed E-state index contributed by atoms with van der Waals surface area (Å²) in [5.41, 5.74) is 4.09. The van der Waals surface area contributed by atoms with E-state index in [2.05, 4.69) is 20.4 Å². The van der Waals surface area contributed by atoms with E-state index >= 15 is 0 Å². The fourth-order valence-corrected chi connectivity index (χ4v) is 3.99. The van der Waals surface area contributed by atoms with Gasteiger partial charge < -0.3 is 9.84 Å². The molecule has 0 spiro atoms. The quantitative estimate of drug-likeness (QED) is 0.353. The smallest absolute Gasteiger partial charge is 0.337 e. The number of aromatic nitrogens is 6. The number of fused-ring (bicyclic) bond motifs is 1. The third-order valence-corrected chi connectivity index (χ3v) is 5.52. The van der Waals surface area contributed by atoms with Gasteiger partial charge in [0.05, 0.1) is 39.0 Å². The Hall–Kier alpha value is -4.53. The van der Waals surface area contributed by atoms with E-state index in [4.69, 9.17) is 11.6 Å². The number of carboxylic acids is 1. The molecule has 0 radical (unpaired) electrons. The summed E-state index contributed by atoms with van der Waals surface area (Å²) in [4.78, 5) is 16.9. The fourth-order valence-electron chi connectivity index (χ4n) is 3.99. The molecule has 5 aromatic rings. The molecule has 176 valence electrons. The number of carbonyl (C=O) groups is 1. The number of imidazole rings is 1. The van der Waals surface area contributed by atoms with E-state index in [9.17, 15) is 9.90 Å². The Labute approximate surface area is 208 Å².